The van der Waals surface area contributed by atoms with Crippen LogP contribution >= 0.6 is 0 Å². The number of rotatable bonds is 8. The molecule has 0 bridgehead atoms. The van der Waals surface area contributed by atoms with Gasteiger partial charge in [0.1, 0.15) is 0 Å². The maximum absolute atomic E-state index is 5.37. The van der Waals surface area contributed by atoms with Gasteiger partial charge in [-0.25, -0.2) is 0 Å². The van der Waals surface area contributed by atoms with Crippen molar-refractivity contribution < 1.29 is 4.52 Å². The molecule has 25 heavy (non-hydrogen) atoms. The van der Waals surface area contributed by atoms with Gasteiger partial charge in [0.15, 0.2) is 11.7 Å². The van der Waals surface area contributed by atoms with Crippen molar-refractivity contribution in [3.05, 3.63) is 17.5 Å². The molecule has 0 amide bonds. The van der Waals surface area contributed by atoms with E-state index in [1.165, 1.54) is 45.2 Å². The molecule has 0 spiro atoms. The number of hydrogen-bond acceptors (Lipinski definition) is 4. The van der Waals surface area contributed by atoms with E-state index in [2.05, 4.69) is 46.5 Å². The first kappa shape index (κ1) is 19.8. The molecule has 1 aliphatic heterocycles. The van der Waals surface area contributed by atoms with Gasteiger partial charge in [-0.1, -0.05) is 38.8 Å². The molecule has 6 nitrogen and oxygen atoms in total. The smallest absolute Gasteiger partial charge is 0.191 e. The Hall–Kier alpha value is -1.56. The van der Waals surface area contributed by atoms with Crippen molar-refractivity contribution >= 4 is 5.96 Å². The number of aliphatic imine (C=N–C) groups is 1. The van der Waals surface area contributed by atoms with Gasteiger partial charge in [-0.3, -0.25) is 9.89 Å². The number of nitrogens with zero attached hydrogens (tertiary/aromatic N) is 3. The molecular weight excluding hydrogens is 314 g/mol. The van der Waals surface area contributed by atoms with Gasteiger partial charge >= 0.3 is 0 Å². The topological polar surface area (TPSA) is 65.7 Å². The Morgan fingerprint density at radius 2 is 2.24 bits per heavy atom. The van der Waals surface area contributed by atoms with Crippen molar-refractivity contribution in [1.82, 2.24) is 20.7 Å². The molecule has 1 unspecified atom stereocenters. The molecule has 0 aliphatic carbocycles. The number of aromatic nitrogens is 1. The fraction of sp³-hybridized carbons (Fsp3) is 0.789. The lowest BCUT2D eigenvalue weighted by Crippen LogP contribution is -2.49. The number of nitrogens with one attached hydrogen (secondary N) is 2. The van der Waals surface area contributed by atoms with Gasteiger partial charge in [-0.05, 0) is 38.3 Å². The van der Waals surface area contributed by atoms with Crippen LogP contribution in [-0.2, 0) is 6.54 Å². The Labute approximate surface area is 152 Å². The molecule has 0 saturated carbocycles. The summed E-state index contributed by atoms with van der Waals surface area (Å²) in [6.45, 7) is 10.5. The molecule has 1 fully saturated rings. The molecule has 142 valence electrons. The normalized spacial score (nSPS) is 19.4. The summed E-state index contributed by atoms with van der Waals surface area (Å²) in [7, 11) is 1.81. The van der Waals surface area contributed by atoms with E-state index in [-0.39, 0.29) is 0 Å². The quantitative estimate of drug-likeness (QED) is 0.558. The van der Waals surface area contributed by atoms with E-state index >= 15 is 0 Å². The van der Waals surface area contributed by atoms with Crippen molar-refractivity contribution in [1.29, 1.82) is 0 Å². The zero-order chi connectivity index (χ0) is 18.1. The van der Waals surface area contributed by atoms with Gasteiger partial charge in [0.05, 0.1) is 12.2 Å². The van der Waals surface area contributed by atoms with Crippen LogP contribution in [0.2, 0.25) is 0 Å². The Balaban J connectivity index is 1.78. The summed E-state index contributed by atoms with van der Waals surface area (Å²) in [5.74, 6) is 2.05. The third-order valence-corrected chi connectivity index (χ3v) is 4.88. The largest absolute Gasteiger partial charge is 0.359 e. The van der Waals surface area contributed by atoms with Crippen LogP contribution in [0.15, 0.2) is 15.6 Å². The first-order chi connectivity index (χ1) is 12.1. The third-order valence-electron chi connectivity index (χ3n) is 4.88. The monoisotopic (exact) mass is 349 g/mol. The highest BCUT2D eigenvalue weighted by atomic mass is 16.5. The molecule has 1 aromatic rings. The lowest BCUT2D eigenvalue weighted by atomic mass is 10.0. The Morgan fingerprint density at radius 1 is 1.40 bits per heavy atom. The second kappa shape index (κ2) is 10.4. The maximum atomic E-state index is 5.37. The van der Waals surface area contributed by atoms with Gasteiger partial charge in [0.25, 0.3) is 0 Å². The fourth-order valence-electron chi connectivity index (χ4n) is 3.24. The van der Waals surface area contributed by atoms with Crippen LogP contribution in [-0.4, -0.2) is 48.7 Å². The van der Waals surface area contributed by atoms with E-state index in [1.807, 2.05) is 13.1 Å². The summed E-state index contributed by atoms with van der Waals surface area (Å²) in [6.07, 6.45) is 6.48. The average molecular weight is 350 g/mol. The predicted octanol–water partition coefficient (Wildman–Crippen LogP) is 3.12. The lowest BCUT2D eigenvalue weighted by Gasteiger charge is -2.36. The molecule has 1 aliphatic rings. The van der Waals surface area contributed by atoms with Gasteiger partial charge in [0, 0.05) is 25.7 Å². The van der Waals surface area contributed by atoms with Crippen LogP contribution in [0.4, 0.5) is 0 Å². The van der Waals surface area contributed by atoms with Crippen molar-refractivity contribution in [2.24, 2.45) is 4.99 Å². The van der Waals surface area contributed by atoms with Gasteiger partial charge in [-0.2, -0.15) is 0 Å². The molecule has 0 radical (unpaired) electrons. The van der Waals surface area contributed by atoms with Gasteiger partial charge in [-0.15, -0.1) is 0 Å². The summed E-state index contributed by atoms with van der Waals surface area (Å²) in [5.41, 5.74) is 0.994. The molecule has 0 aromatic carbocycles. The summed E-state index contributed by atoms with van der Waals surface area (Å²) in [6, 6.07) is 2.62. The molecular formula is C19H35N5O. The second-order valence-electron chi connectivity index (χ2n) is 7.22. The highest BCUT2D eigenvalue weighted by Crippen LogP contribution is 2.17. The first-order valence-corrected chi connectivity index (χ1v) is 9.78. The molecule has 6 heteroatoms. The summed E-state index contributed by atoms with van der Waals surface area (Å²) >= 11 is 0. The number of unbranched alkanes of at least 4 members (excludes halogenated alkanes) is 1. The van der Waals surface area contributed by atoms with Crippen molar-refractivity contribution in [2.75, 3.05) is 26.7 Å². The first-order valence-electron chi connectivity index (χ1n) is 9.78. The third kappa shape index (κ3) is 6.34. The van der Waals surface area contributed by atoms with Crippen LogP contribution in [0.1, 0.15) is 70.2 Å². The number of piperidine rings is 1. The van der Waals surface area contributed by atoms with Crippen LogP contribution < -0.4 is 10.6 Å². The van der Waals surface area contributed by atoms with Gasteiger partial charge < -0.3 is 15.2 Å². The summed E-state index contributed by atoms with van der Waals surface area (Å²) < 4.78 is 5.37. The zero-order valence-corrected chi connectivity index (χ0v) is 16.3. The summed E-state index contributed by atoms with van der Waals surface area (Å²) in [5, 5.41) is 10.9. The Kier molecular flexibility index (Phi) is 8.25. The molecule has 1 saturated heterocycles. The van der Waals surface area contributed by atoms with E-state index < -0.39 is 0 Å². The molecule has 1 aromatic heterocycles. The van der Waals surface area contributed by atoms with E-state index in [1.54, 1.807) is 0 Å². The Morgan fingerprint density at radius 3 is 2.92 bits per heavy atom. The van der Waals surface area contributed by atoms with Crippen LogP contribution in [0.25, 0.3) is 0 Å². The zero-order valence-electron chi connectivity index (χ0n) is 16.3. The van der Waals surface area contributed by atoms with Crippen molar-refractivity contribution in [3.8, 4) is 0 Å². The fourth-order valence-corrected chi connectivity index (χ4v) is 3.24. The van der Waals surface area contributed by atoms with Crippen LogP contribution in [0.3, 0.4) is 0 Å². The second-order valence-corrected chi connectivity index (χ2v) is 7.22. The van der Waals surface area contributed by atoms with E-state index in [4.69, 9.17) is 4.52 Å². The van der Waals surface area contributed by atoms with Gasteiger partial charge in [0.2, 0.25) is 0 Å². The lowest BCUT2D eigenvalue weighted by molar-refractivity contribution is 0.147. The molecule has 2 rings (SSSR count). The van der Waals surface area contributed by atoms with Crippen LogP contribution in [0.5, 0.6) is 0 Å². The maximum Gasteiger partial charge on any atom is 0.191 e. The van der Waals surface area contributed by atoms with Crippen LogP contribution in [0, 0.1) is 0 Å². The SMILES string of the molecule is CCCCN1CCCCC1CNC(=NC)NCc1cc(C(C)C)no1. The van der Waals surface area contributed by atoms with Crippen molar-refractivity contribution in [3.63, 3.8) is 0 Å². The average Bonchev–Trinajstić information content (AvgIpc) is 3.10. The van der Waals surface area contributed by atoms with E-state index in [0.717, 1.165) is 24.0 Å². The molecule has 2 N–H and O–H groups in total. The minimum absolute atomic E-state index is 0.385. The number of likely N-dealkylation sites (tertiary alicyclic amines) is 1. The molecule has 2 heterocycles. The van der Waals surface area contributed by atoms with E-state index in [9.17, 15) is 0 Å². The van der Waals surface area contributed by atoms with E-state index in [0.29, 0.717) is 18.5 Å². The molecule has 1 atom stereocenters. The summed E-state index contributed by atoms with van der Waals surface area (Å²) in [4.78, 5) is 6.97. The van der Waals surface area contributed by atoms with Crippen molar-refractivity contribution in [2.45, 2.75) is 71.4 Å². The minimum atomic E-state index is 0.385. The predicted molar refractivity (Wildman–Crippen MR) is 103 cm³/mol. The highest BCUT2D eigenvalue weighted by molar-refractivity contribution is 5.79. The number of guanidine groups is 1. The highest BCUT2D eigenvalue weighted by Gasteiger charge is 2.21. The number of hydrogen-bond donors (Lipinski definition) is 2. The minimum Gasteiger partial charge on any atom is -0.359 e. The standard InChI is InChI=1S/C19H35N5O/c1-5-6-10-24-11-8-7-9-16(24)13-21-19(20-4)22-14-17-12-18(15(2)3)23-25-17/h12,15-16H,5-11,13-14H2,1-4H3,(H2,20,21,22). The Bertz CT molecular complexity index is 526.